The van der Waals surface area contributed by atoms with Crippen molar-refractivity contribution in [1.82, 2.24) is 9.62 Å². The van der Waals surface area contributed by atoms with E-state index in [-0.39, 0.29) is 27.2 Å². The van der Waals surface area contributed by atoms with Crippen molar-refractivity contribution < 1.29 is 41.2 Å². The Kier molecular flexibility index (Phi) is 14.5. The highest BCUT2D eigenvalue weighted by molar-refractivity contribution is 7.99. The number of aliphatic carboxylic acids is 1. The van der Waals surface area contributed by atoms with Crippen LogP contribution in [0.5, 0.6) is 0 Å². The summed E-state index contributed by atoms with van der Waals surface area (Å²) in [6, 6.07) is 36.6. The Labute approximate surface area is 368 Å². The van der Waals surface area contributed by atoms with Gasteiger partial charge in [0, 0.05) is 66.7 Å². The maximum absolute atomic E-state index is 13.3. The molecular formula is C46H48F3N5O7S2. The van der Waals surface area contributed by atoms with E-state index >= 15 is 0 Å². The summed E-state index contributed by atoms with van der Waals surface area (Å²) in [5.41, 5.74) is 7.32. The third-order valence-corrected chi connectivity index (χ3v) is 13.2. The van der Waals surface area contributed by atoms with E-state index in [2.05, 4.69) is 89.1 Å². The SMILES string of the molecule is CC(C)(C)c1ccc(-c2ccccc2CN2CCN3c4ccc(C(=O)NS(=O)(=O)c5ccc(NCCSc6ccccc6)c([N+](=O)[O-])c5)cc4CC[C@H]3C2)cc1.O=C(O)C(F)(F)F. The van der Waals surface area contributed by atoms with Crippen LogP contribution < -0.4 is 14.9 Å². The molecule has 332 valence electrons. The minimum atomic E-state index is -5.08. The van der Waals surface area contributed by atoms with Crippen LogP contribution >= 0.6 is 11.8 Å². The Morgan fingerprint density at radius 3 is 2.25 bits per heavy atom. The molecule has 0 saturated carbocycles. The summed E-state index contributed by atoms with van der Waals surface area (Å²) in [7, 11) is -4.39. The smallest absolute Gasteiger partial charge is 0.475 e. The Morgan fingerprint density at radius 1 is 0.905 bits per heavy atom. The van der Waals surface area contributed by atoms with Gasteiger partial charge in [-0.1, -0.05) is 87.5 Å². The van der Waals surface area contributed by atoms with Crippen molar-refractivity contribution >= 4 is 50.7 Å². The van der Waals surface area contributed by atoms with Crippen LogP contribution in [0.4, 0.5) is 30.2 Å². The van der Waals surface area contributed by atoms with Gasteiger partial charge in [-0.15, -0.1) is 11.8 Å². The number of anilines is 2. The molecule has 0 radical (unpaired) electrons. The second-order valence-electron chi connectivity index (χ2n) is 16.2. The molecule has 12 nitrogen and oxygen atoms in total. The Morgan fingerprint density at radius 2 is 1.59 bits per heavy atom. The molecule has 2 aliphatic rings. The molecule has 1 saturated heterocycles. The Balaban J connectivity index is 0.000000871. The van der Waals surface area contributed by atoms with Crippen LogP contribution in [0, 0.1) is 10.1 Å². The number of piperazine rings is 1. The van der Waals surface area contributed by atoms with E-state index in [0.29, 0.717) is 18.3 Å². The number of nitro benzene ring substituents is 1. The molecule has 0 bridgehead atoms. The number of nitrogens with zero attached hydrogens (tertiary/aromatic N) is 3. The van der Waals surface area contributed by atoms with Crippen molar-refractivity contribution in [3.05, 3.63) is 148 Å². The van der Waals surface area contributed by atoms with Gasteiger partial charge in [0.2, 0.25) is 0 Å². The average molecular weight is 904 g/mol. The van der Waals surface area contributed by atoms with Crippen molar-refractivity contribution in [2.75, 3.05) is 42.1 Å². The normalized spacial score (nSPS) is 15.3. The summed E-state index contributed by atoms with van der Waals surface area (Å²) in [4.78, 5) is 39.2. The Bertz CT molecular complexity index is 2550. The molecule has 2 aliphatic heterocycles. The highest BCUT2D eigenvalue weighted by Crippen LogP contribution is 2.35. The van der Waals surface area contributed by atoms with Crippen LogP contribution in [0.2, 0.25) is 0 Å². The van der Waals surface area contributed by atoms with Crippen molar-refractivity contribution in [2.24, 2.45) is 0 Å². The number of carbonyl (C=O) groups is 2. The summed E-state index contributed by atoms with van der Waals surface area (Å²) in [5.74, 6) is -2.89. The number of amides is 1. The van der Waals surface area contributed by atoms with Gasteiger partial charge in [-0.2, -0.15) is 13.2 Å². The molecule has 17 heteroatoms. The number of nitrogens with one attached hydrogen (secondary N) is 2. The lowest BCUT2D eigenvalue weighted by atomic mass is 9.86. The fourth-order valence-corrected chi connectivity index (χ4v) is 9.36. The minimum absolute atomic E-state index is 0.104. The van der Waals surface area contributed by atoms with Crippen LogP contribution in [-0.2, 0) is 33.2 Å². The summed E-state index contributed by atoms with van der Waals surface area (Å²) in [6.07, 6.45) is -3.41. The van der Waals surface area contributed by atoms with Gasteiger partial charge < -0.3 is 15.3 Å². The van der Waals surface area contributed by atoms with Gasteiger partial charge in [0.05, 0.1) is 9.82 Å². The molecule has 5 aromatic rings. The molecule has 0 spiro atoms. The van der Waals surface area contributed by atoms with Gasteiger partial charge >= 0.3 is 12.1 Å². The van der Waals surface area contributed by atoms with E-state index in [1.807, 2.05) is 36.4 Å². The van der Waals surface area contributed by atoms with Crippen LogP contribution in [0.25, 0.3) is 11.1 Å². The molecule has 0 aliphatic carbocycles. The zero-order valence-electron chi connectivity index (χ0n) is 34.9. The number of rotatable bonds is 12. The molecular weight excluding hydrogens is 856 g/mol. The second-order valence-corrected chi connectivity index (χ2v) is 19.1. The summed E-state index contributed by atoms with van der Waals surface area (Å²) in [6.45, 7) is 10.6. The third kappa shape index (κ3) is 12.0. The topological polar surface area (TPSA) is 162 Å². The van der Waals surface area contributed by atoms with Gasteiger partial charge in [-0.3, -0.25) is 19.8 Å². The second kappa shape index (κ2) is 19.6. The van der Waals surface area contributed by atoms with E-state index in [9.17, 15) is 36.5 Å². The fourth-order valence-electron chi connectivity index (χ4n) is 7.58. The number of hydrogen-bond donors (Lipinski definition) is 3. The number of thioether (sulfide) groups is 1. The zero-order valence-corrected chi connectivity index (χ0v) is 36.5. The number of carbonyl (C=O) groups excluding carboxylic acids is 1. The first-order chi connectivity index (χ1) is 29.8. The summed E-state index contributed by atoms with van der Waals surface area (Å²) < 4.78 is 60.5. The molecule has 5 aromatic carbocycles. The summed E-state index contributed by atoms with van der Waals surface area (Å²) in [5, 5.41) is 22.1. The number of benzene rings is 5. The highest BCUT2D eigenvalue weighted by Gasteiger charge is 2.38. The van der Waals surface area contributed by atoms with Crippen LogP contribution in [0.1, 0.15) is 54.2 Å². The van der Waals surface area contributed by atoms with Gasteiger partial charge in [0.25, 0.3) is 21.6 Å². The number of alkyl halides is 3. The maximum Gasteiger partial charge on any atom is 0.490 e. The van der Waals surface area contributed by atoms with E-state index in [4.69, 9.17) is 9.90 Å². The van der Waals surface area contributed by atoms with Crippen molar-refractivity contribution in [3.8, 4) is 11.1 Å². The third-order valence-electron chi connectivity index (χ3n) is 10.8. The number of fused-ring (bicyclic) bond motifs is 3. The molecule has 2 heterocycles. The van der Waals surface area contributed by atoms with Gasteiger partial charge in [0.1, 0.15) is 5.69 Å². The predicted molar refractivity (Wildman–Crippen MR) is 239 cm³/mol. The van der Waals surface area contributed by atoms with Crippen molar-refractivity contribution in [2.45, 2.75) is 67.6 Å². The van der Waals surface area contributed by atoms with Gasteiger partial charge in [0.15, 0.2) is 0 Å². The molecule has 63 heavy (non-hydrogen) atoms. The lowest BCUT2D eigenvalue weighted by Gasteiger charge is -2.46. The first-order valence-electron chi connectivity index (χ1n) is 20.2. The number of aryl methyl sites for hydroxylation is 1. The number of carboxylic acids is 1. The van der Waals surface area contributed by atoms with Crippen LogP contribution in [-0.4, -0.2) is 79.4 Å². The quantitative estimate of drug-likeness (QED) is 0.0474. The summed E-state index contributed by atoms with van der Waals surface area (Å²) >= 11 is 1.60. The average Bonchev–Trinajstić information content (AvgIpc) is 3.25. The van der Waals surface area contributed by atoms with E-state index in [0.717, 1.165) is 61.2 Å². The first-order valence-corrected chi connectivity index (χ1v) is 22.7. The van der Waals surface area contributed by atoms with Crippen molar-refractivity contribution in [1.29, 1.82) is 0 Å². The lowest BCUT2D eigenvalue weighted by Crippen LogP contribution is -2.54. The molecule has 1 amide bonds. The van der Waals surface area contributed by atoms with E-state index < -0.39 is 33.0 Å². The largest absolute Gasteiger partial charge is 0.490 e. The number of nitro groups is 1. The molecule has 3 N–H and O–H groups in total. The monoisotopic (exact) mass is 903 g/mol. The zero-order chi connectivity index (χ0) is 45.5. The van der Waals surface area contributed by atoms with Crippen LogP contribution in [0.15, 0.2) is 125 Å². The molecule has 7 rings (SSSR count). The molecule has 1 atom stereocenters. The lowest BCUT2D eigenvalue weighted by molar-refractivity contribution is -0.384. The predicted octanol–water partition coefficient (Wildman–Crippen LogP) is 9.15. The Hall–Kier alpha value is -5.91. The molecule has 1 fully saturated rings. The van der Waals surface area contributed by atoms with Gasteiger partial charge in [-0.25, -0.2) is 17.9 Å². The number of carboxylic acid groups (broad SMARTS) is 1. The number of sulfonamides is 1. The standard InChI is InChI=1S/C44H47N5O5S2.C2HF3O2/c1-44(2,3)35-17-13-31(14-18-35)39-12-8-7-9-34(39)29-47-24-25-48-36(30-47)19-15-32-27-33(16-22-41(32)48)43(50)46-56(53,54)38-20-21-40(42(28-38)49(51)52)45-23-26-55-37-10-5-4-6-11-37;3-2(4,5)1(6)7/h4-14,16-18,20-22,27-28,36,45H,15,19,23-26,29-30H2,1-3H3,(H,46,50);(H,6,7)/t36-;/m0./s1. The first kappa shape index (κ1) is 46.6. The minimum Gasteiger partial charge on any atom is -0.475 e. The molecule has 0 unspecified atom stereocenters. The fraction of sp³-hybridized carbons (Fsp3) is 0.304. The van der Waals surface area contributed by atoms with Crippen LogP contribution in [0.3, 0.4) is 0 Å². The van der Waals surface area contributed by atoms with Crippen molar-refractivity contribution in [3.63, 3.8) is 0 Å². The van der Waals surface area contributed by atoms with E-state index in [1.165, 1.54) is 34.4 Å². The highest BCUT2D eigenvalue weighted by atomic mass is 32.2. The van der Waals surface area contributed by atoms with Gasteiger partial charge in [-0.05, 0) is 88.5 Å². The van der Waals surface area contributed by atoms with E-state index in [1.54, 1.807) is 23.9 Å². The number of halogens is 3. The maximum atomic E-state index is 13.3. The molecule has 0 aromatic heterocycles. The number of hydrogen-bond acceptors (Lipinski definition) is 10.